The zero-order chi connectivity index (χ0) is 10.6. The van der Waals surface area contributed by atoms with Gasteiger partial charge in [-0.3, -0.25) is 13.5 Å². The van der Waals surface area contributed by atoms with Crippen LogP contribution in [0.4, 0.5) is 0 Å². The minimum absolute atomic E-state index is 0.447. The third kappa shape index (κ3) is 2.91. The third-order valence-corrected chi connectivity index (χ3v) is 1.90. The molecule has 1 aromatic carbocycles. The van der Waals surface area contributed by atoms with Gasteiger partial charge in [0.05, 0.1) is 0 Å². The van der Waals surface area contributed by atoms with Gasteiger partial charge in [-0.25, -0.2) is 0 Å². The number of rotatable bonds is 4. The van der Waals surface area contributed by atoms with E-state index < -0.39 is 23.4 Å². The molecular formula is C8H9NO4S. The number of primary amides is 1. The maximum atomic E-state index is 10.9. The highest BCUT2D eigenvalue weighted by Crippen LogP contribution is 2.17. The summed E-state index contributed by atoms with van der Waals surface area (Å²) in [5.74, 6) is -0.807. The van der Waals surface area contributed by atoms with Gasteiger partial charge in [0.1, 0.15) is 0 Å². The first-order chi connectivity index (χ1) is 6.61. The number of carbonyl (C=O) groups is 1. The molecule has 1 aromatic rings. The van der Waals surface area contributed by atoms with Crippen LogP contribution in [-0.2, 0) is 20.3 Å². The summed E-state index contributed by atoms with van der Waals surface area (Å²) in [5.41, 5.74) is 5.45. The Kier molecular flexibility index (Phi) is 3.75. The Balaban J connectivity index is 2.89. The predicted molar refractivity (Wildman–Crippen MR) is 50.2 cm³/mol. The van der Waals surface area contributed by atoms with Crippen molar-refractivity contribution in [3.8, 4) is 0 Å². The minimum Gasteiger partial charge on any atom is -0.367 e. The number of carbonyl (C=O) groups excluding carboxylic acids is 1. The van der Waals surface area contributed by atoms with Crippen LogP contribution in [0.1, 0.15) is 11.7 Å². The zero-order valence-corrected chi connectivity index (χ0v) is 7.94. The summed E-state index contributed by atoms with van der Waals surface area (Å²) in [4.78, 5) is 10.9. The Morgan fingerprint density at radius 2 is 2.00 bits per heavy atom. The Labute approximate surface area is 83.4 Å². The molecular weight excluding hydrogens is 206 g/mol. The monoisotopic (exact) mass is 215 g/mol. The van der Waals surface area contributed by atoms with Crippen LogP contribution in [0.25, 0.3) is 0 Å². The van der Waals surface area contributed by atoms with Crippen LogP contribution in [0.3, 0.4) is 0 Å². The number of nitrogens with two attached hydrogens (primary N) is 1. The van der Waals surface area contributed by atoms with Gasteiger partial charge in [0, 0.05) is 0 Å². The molecule has 6 heteroatoms. The van der Waals surface area contributed by atoms with E-state index in [0.29, 0.717) is 5.56 Å². The van der Waals surface area contributed by atoms with Crippen LogP contribution in [0.15, 0.2) is 30.3 Å². The SMILES string of the molecule is NC(=O)C(OS(=O)O)c1ccccc1. The second-order valence-corrected chi connectivity index (χ2v) is 3.13. The zero-order valence-electron chi connectivity index (χ0n) is 7.12. The van der Waals surface area contributed by atoms with Crippen LogP contribution in [0.5, 0.6) is 0 Å². The molecule has 0 aliphatic carbocycles. The van der Waals surface area contributed by atoms with E-state index in [1.807, 2.05) is 0 Å². The molecule has 0 heterocycles. The van der Waals surface area contributed by atoms with Crippen LogP contribution in [0, 0.1) is 0 Å². The number of hydrogen-bond donors (Lipinski definition) is 2. The molecule has 0 aromatic heterocycles. The van der Waals surface area contributed by atoms with E-state index in [0.717, 1.165) is 0 Å². The molecule has 0 saturated heterocycles. The lowest BCUT2D eigenvalue weighted by Gasteiger charge is -2.10. The van der Waals surface area contributed by atoms with Gasteiger partial charge in [-0.15, -0.1) is 0 Å². The highest BCUT2D eigenvalue weighted by atomic mass is 32.2. The summed E-state index contributed by atoms with van der Waals surface area (Å²) < 4.78 is 23.3. The second kappa shape index (κ2) is 4.85. The summed E-state index contributed by atoms with van der Waals surface area (Å²) in [6.07, 6.45) is -1.19. The van der Waals surface area contributed by atoms with Gasteiger partial charge in [0.15, 0.2) is 6.10 Å². The van der Waals surface area contributed by atoms with Crippen LogP contribution in [0.2, 0.25) is 0 Å². The molecule has 0 fully saturated rings. The number of benzene rings is 1. The van der Waals surface area contributed by atoms with Crippen molar-refractivity contribution in [3.05, 3.63) is 35.9 Å². The van der Waals surface area contributed by atoms with Gasteiger partial charge in [-0.2, -0.15) is 4.21 Å². The minimum atomic E-state index is -2.52. The molecule has 3 N–H and O–H groups in total. The Bertz CT molecular complexity index is 340. The van der Waals surface area contributed by atoms with Gasteiger partial charge in [0.25, 0.3) is 5.91 Å². The molecule has 0 aliphatic rings. The lowest BCUT2D eigenvalue weighted by atomic mass is 10.1. The lowest BCUT2D eigenvalue weighted by molar-refractivity contribution is -0.124. The molecule has 0 saturated carbocycles. The standard InChI is InChI=1S/C8H9NO4S/c9-8(10)7(13-14(11)12)6-4-2-1-3-5-6/h1-5,7H,(H2,9,10)(H,11,12). The van der Waals surface area contributed by atoms with Crippen molar-refractivity contribution in [2.24, 2.45) is 5.73 Å². The van der Waals surface area contributed by atoms with Crippen molar-refractivity contribution < 1.29 is 17.7 Å². The van der Waals surface area contributed by atoms with Crippen molar-refractivity contribution in [1.29, 1.82) is 0 Å². The third-order valence-electron chi connectivity index (χ3n) is 1.54. The molecule has 1 amide bonds. The molecule has 0 aliphatic heterocycles. The topological polar surface area (TPSA) is 89.6 Å². The number of hydrogen-bond acceptors (Lipinski definition) is 3. The summed E-state index contributed by atoms with van der Waals surface area (Å²) in [7, 11) is 0. The van der Waals surface area contributed by atoms with E-state index in [-0.39, 0.29) is 0 Å². The van der Waals surface area contributed by atoms with Gasteiger partial charge >= 0.3 is 11.4 Å². The molecule has 76 valence electrons. The van der Waals surface area contributed by atoms with Gasteiger partial charge in [0.2, 0.25) is 0 Å². The maximum absolute atomic E-state index is 10.9. The fourth-order valence-corrected chi connectivity index (χ4v) is 1.35. The number of amides is 1. The fourth-order valence-electron chi connectivity index (χ4n) is 0.977. The van der Waals surface area contributed by atoms with Crippen LogP contribution >= 0.6 is 0 Å². The molecule has 2 atom stereocenters. The van der Waals surface area contributed by atoms with Crippen molar-refractivity contribution in [3.63, 3.8) is 0 Å². The highest BCUT2D eigenvalue weighted by Gasteiger charge is 2.20. The summed E-state index contributed by atoms with van der Waals surface area (Å²) in [6, 6.07) is 8.27. The fraction of sp³-hybridized carbons (Fsp3) is 0.125. The molecule has 0 spiro atoms. The highest BCUT2D eigenvalue weighted by molar-refractivity contribution is 7.74. The molecule has 1 rings (SSSR count). The van der Waals surface area contributed by atoms with Crippen molar-refractivity contribution in [1.82, 2.24) is 0 Å². The quantitative estimate of drug-likeness (QED) is 0.710. The van der Waals surface area contributed by atoms with Gasteiger partial charge in [-0.1, -0.05) is 30.3 Å². The maximum Gasteiger partial charge on any atom is 0.303 e. The van der Waals surface area contributed by atoms with Crippen molar-refractivity contribution in [2.75, 3.05) is 0 Å². The Morgan fingerprint density at radius 3 is 2.43 bits per heavy atom. The molecule has 0 bridgehead atoms. The lowest BCUT2D eigenvalue weighted by Crippen LogP contribution is -2.24. The van der Waals surface area contributed by atoms with E-state index in [2.05, 4.69) is 4.18 Å². The van der Waals surface area contributed by atoms with Crippen molar-refractivity contribution >= 4 is 17.3 Å². The Hall–Kier alpha value is -1.24. The second-order valence-electron chi connectivity index (χ2n) is 2.51. The van der Waals surface area contributed by atoms with Gasteiger partial charge < -0.3 is 5.73 Å². The predicted octanol–water partition coefficient (Wildman–Crippen LogP) is 0.366. The smallest absolute Gasteiger partial charge is 0.303 e. The van der Waals surface area contributed by atoms with Crippen LogP contribution < -0.4 is 5.73 Å². The summed E-state index contributed by atoms with van der Waals surface area (Å²) in [6.45, 7) is 0. The first-order valence-electron chi connectivity index (χ1n) is 3.73. The van der Waals surface area contributed by atoms with E-state index in [4.69, 9.17) is 10.3 Å². The van der Waals surface area contributed by atoms with Crippen LogP contribution in [-0.4, -0.2) is 14.7 Å². The van der Waals surface area contributed by atoms with E-state index >= 15 is 0 Å². The van der Waals surface area contributed by atoms with E-state index in [9.17, 15) is 9.00 Å². The first kappa shape index (κ1) is 10.8. The van der Waals surface area contributed by atoms with Gasteiger partial charge in [-0.05, 0) is 5.56 Å². The van der Waals surface area contributed by atoms with Crippen molar-refractivity contribution in [2.45, 2.75) is 6.10 Å². The molecule has 5 nitrogen and oxygen atoms in total. The summed E-state index contributed by atoms with van der Waals surface area (Å²) in [5, 5.41) is 0. The summed E-state index contributed by atoms with van der Waals surface area (Å²) >= 11 is -2.52. The molecule has 14 heavy (non-hydrogen) atoms. The Morgan fingerprint density at radius 1 is 1.43 bits per heavy atom. The average Bonchev–Trinajstić information content (AvgIpc) is 2.15. The average molecular weight is 215 g/mol. The van der Waals surface area contributed by atoms with E-state index in [1.165, 1.54) is 0 Å². The van der Waals surface area contributed by atoms with E-state index in [1.54, 1.807) is 30.3 Å². The largest absolute Gasteiger partial charge is 0.367 e. The molecule has 0 radical (unpaired) electrons. The first-order valence-corrected chi connectivity index (χ1v) is 4.76. The normalized spacial score (nSPS) is 14.6. The molecule has 2 unspecified atom stereocenters.